The zero-order valence-electron chi connectivity index (χ0n) is 11.3. The van der Waals surface area contributed by atoms with E-state index in [2.05, 4.69) is 0 Å². The number of halogens is 3. The van der Waals surface area contributed by atoms with Crippen LogP contribution in [0.2, 0.25) is 0 Å². The number of nitriles is 1. The normalized spacial score (nSPS) is 11.0. The molecule has 0 aliphatic heterocycles. The lowest BCUT2D eigenvalue weighted by atomic mass is 9.79. The Balaban J connectivity index is 2.08. The van der Waals surface area contributed by atoms with Crippen LogP contribution in [0.3, 0.4) is 0 Å². The number of hydrogen-bond acceptors (Lipinski definition) is 2. The third-order valence-electron chi connectivity index (χ3n) is 3.05. The summed E-state index contributed by atoms with van der Waals surface area (Å²) < 4.78 is 43.4. The highest BCUT2D eigenvalue weighted by Crippen LogP contribution is 2.20. The predicted molar refractivity (Wildman–Crippen MR) is 75.4 cm³/mol. The van der Waals surface area contributed by atoms with Gasteiger partial charge in [-0.15, -0.1) is 5.46 Å². The van der Waals surface area contributed by atoms with Crippen LogP contribution in [0.25, 0.3) is 0 Å². The molecule has 0 fully saturated rings. The van der Waals surface area contributed by atoms with Gasteiger partial charge in [0.2, 0.25) is 0 Å². The largest absolute Gasteiger partial charge is 0.509 e. The van der Waals surface area contributed by atoms with E-state index in [0.29, 0.717) is 16.9 Å². The van der Waals surface area contributed by atoms with E-state index >= 15 is 0 Å². The molecule has 108 valence electrons. The van der Waals surface area contributed by atoms with Gasteiger partial charge in [-0.05, 0) is 36.2 Å². The SMILES string of the molecule is Cc1cc([B-](F)(F)F)ccc1OCc1ccc(C#N)cc1. The standard InChI is InChI=1S/C15H12BF3NO/c1-11-8-14(16(17,18)19)6-7-15(11)21-10-13-4-2-12(9-20)3-5-13/h2-8H,10H2,1H3/q-1. The van der Waals surface area contributed by atoms with Crippen LogP contribution in [0.15, 0.2) is 42.5 Å². The second-order valence-electron chi connectivity index (χ2n) is 4.70. The van der Waals surface area contributed by atoms with E-state index < -0.39 is 12.4 Å². The molecule has 0 saturated carbocycles. The summed E-state index contributed by atoms with van der Waals surface area (Å²) in [6.45, 7) is -3.17. The van der Waals surface area contributed by atoms with Gasteiger partial charge in [-0.25, -0.2) is 0 Å². The molecule has 21 heavy (non-hydrogen) atoms. The van der Waals surface area contributed by atoms with E-state index in [-0.39, 0.29) is 6.61 Å². The Hall–Kier alpha value is -2.42. The molecule has 2 aromatic rings. The number of ether oxygens (including phenoxy) is 1. The lowest BCUT2D eigenvalue weighted by Gasteiger charge is -2.17. The molecule has 2 rings (SSSR count). The average Bonchev–Trinajstić information content (AvgIpc) is 2.45. The Morgan fingerprint density at radius 3 is 2.29 bits per heavy atom. The Labute approximate surface area is 120 Å². The first kappa shape index (κ1) is 15.0. The van der Waals surface area contributed by atoms with E-state index in [9.17, 15) is 12.9 Å². The third-order valence-corrected chi connectivity index (χ3v) is 3.05. The summed E-state index contributed by atoms with van der Waals surface area (Å²) in [5, 5.41) is 8.69. The van der Waals surface area contributed by atoms with Gasteiger partial charge in [0, 0.05) is 0 Å². The molecule has 2 nitrogen and oxygen atoms in total. The van der Waals surface area contributed by atoms with E-state index in [1.54, 1.807) is 31.2 Å². The summed E-state index contributed by atoms with van der Waals surface area (Å²) in [5.41, 5.74) is 1.21. The van der Waals surface area contributed by atoms with Crippen molar-refractivity contribution in [2.75, 3.05) is 0 Å². The molecule has 0 heterocycles. The summed E-state index contributed by atoms with van der Waals surface area (Å²) in [6, 6.07) is 12.3. The highest BCUT2D eigenvalue weighted by Gasteiger charge is 2.25. The van der Waals surface area contributed by atoms with Gasteiger partial charge >= 0.3 is 6.98 Å². The summed E-state index contributed by atoms with van der Waals surface area (Å²) >= 11 is 0. The number of nitrogens with zero attached hydrogens (tertiary/aromatic N) is 1. The van der Waals surface area contributed by atoms with Crippen LogP contribution >= 0.6 is 0 Å². The fourth-order valence-electron chi connectivity index (χ4n) is 1.87. The number of aryl methyl sites for hydroxylation is 1. The first-order chi connectivity index (χ1) is 9.90. The number of hydrogen-bond donors (Lipinski definition) is 0. The van der Waals surface area contributed by atoms with Gasteiger partial charge in [-0.3, -0.25) is 0 Å². The molecular formula is C15H12BF3NO-. The molecule has 0 amide bonds. The van der Waals surface area contributed by atoms with Crippen molar-refractivity contribution in [2.45, 2.75) is 13.5 Å². The van der Waals surface area contributed by atoms with Crippen LogP contribution in [-0.4, -0.2) is 6.98 Å². The maximum atomic E-state index is 12.6. The van der Waals surface area contributed by atoms with Crippen molar-refractivity contribution >= 4 is 12.4 Å². The number of rotatable bonds is 4. The van der Waals surface area contributed by atoms with Crippen molar-refractivity contribution in [3.8, 4) is 11.8 Å². The van der Waals surface area contributed by atoms with Crippen LogP contribution in [0.1, 0.15) is 16.7 Å². The average molecular weight is 290 g/mol. The van der Waals surface area contributed by atoms with Crippen molar-refractivity contribution in [3.63, 3.8) is 0 Å². The van der Waals surface area contributed by atoms with E-state index in [0.717, 1.165) is 17.7 Å². The molecule has 0 aliphatic rings. The third kappa shape index (κ3) is 3.79. The molecule has 2 aromatic carbocycles. The smallest absolute Gasteiger partial charge is 0.489 e. The molecule has 0 atom stereocenters. The summed E-state index contributed by atoms with van der Waals surface area (Å²) in [7, 11) is 0. The second kappa shape index (κ2) is 5.92. The van der Waals surface area contributed by atoms with Crippen molar-refractivity contribution in [1.82, 2.24) is 0 Å². The quantitative estimate of drug-likeness (QED) is 0.807. The minimum absolute atomic E-state index is 0.239. The van der Waals surface area contributed by atoms with Gasteiger partial charge in [-0.1, -0.05) is 24.3 Å². The zero-order valence-corrected chi connectivity index (χ0v) is 11.3. The van der Waals surface area contributed by atoms with Crippen molar-refractivity contribution in [3.05, 3.63) is 59.2 Å². The lowest BCUT2D eigenvalue weighted by molar-refractivity contribution is 0.304. The van der Waals surface area contributed by atoms with Gasteiger partial charge in [0.15, 0.2) is 0 Å². The van der Waals surface area contributed by atoms with Crippen molar-refractivity contribution in [2.24, 2.45) is 0 Å². The van der Waals surface area contributed by atoms with Crippen LogP contribution in [0, 0.1) is 18.3 Å². The molecule has 0 saturated heterocycles. The molecule has 0 spiro atoms. The summed E-state index contributed by atoms with van der Waals surface area (Å²) in [5.74, 6) is 0.420. The maximum absolute atomic E-state index is 12.6. The van der Waals surface area contributed by atoms with E-state index in [4.69, 9.17) is 10.00 Å². The van der Waals surface area contributed by atoms with Gasteiger partial charge in [0.05, 0.1) is 11.6 Å². The molecular weight excluding hydrogens is 278 g/mol. The lowest BCUT2D eigenvalue weighted by Crippen LogP contribution is -2.34. The van der Waals surface area contributed by atoms with Crippen molar-refractivity contribution < 1.29 is 17.7 Å². The minimum Gasteiger partial charge on any atom is -0.489 e. The maximum Gasteiger partial charge on any atom is 0.509 e. The topological polar surface area (TPSA) is 33.0 Å². The zero-order chi connectivity index (χ0) is 15.5. The van der Waals surface area contributed by atoms with Gasteiger partial charge in [0.25, 0.3) is 0 Å². The Morgan fingerprint density at radius 1 is 1.10 bits per heavy atom. The molecule has 0 unspecified atom stereocenters. The highest BCUT2D eigenvalue weighted by molar-refractivity contribution is 6.73. The first-order valence-corrected chi connectivity index (χ1v) is 6.32. The van der Waals surface area contributed by atoms with E-state index in [1.165, 1.54) is 6.07 Å². The molecule has 0 N–H and O–H groups in total. The Morgan fingerprint density at radius 2 is 1.76 bits per heavy atom. The molecule has 0 aromatic heterocycles. The van der Waals surface area contributed by atoms with Crippen LogP contribution in [0.4, 0.5) is 12.9 Å². The second-order valence-corrected chi connectivity index (χ2v) is 4.70. The molecule has 6 heteroatoms. The van der Waals surface area contributed by atoms with Crippen molar-refractivity contribution in [1.29, 1.82) is 5.26 Å². The van der Waals surface area contributed by atoms with Crippen LogP contribution in [0.5, 0.6) is 5.75 Å². The van der Waals surface area contributed by atoms with Gasteiger partial charge in [-0.2, -0.15) is 5.26 Å². The van der Waals surface area contributed by atoms with Gasteiger partial charge in [0.1, 0.15) is 12.4 Å². The molecule has 0 aliphatic carbocycles. The predicted octanol–water partition coefficient (Wildman–Crippen LogP) is 3.50. The van der Waals surface area contributed by atoms with E-state index in [1.807, 2.05) is 6.07 Å². The van der Waals surface area contributed by atoms with Crippen LogP contribution < -0.4 is 10.2 Å². The number of benzene rings is 2. The minimum atomic E-state index is -4.99. The van der Waals surface area contributed by atoms with Crippen LogP contribution in [-0.2, 0) is 6.61 Å². The molecule has 0 radical (unpaired) electrons. The van der Waals surface area contributed by atoms with Gasteiger partial charge < -0.3 is 17.7 Å². The summed E-state index contributed by atoms with van der Waals surface area (Å²) in [6.07, 6.45) is 0. The summed E-state index contributed by atoms with van der Waals surface area (Å²) in [4.78, 5) is 0. The monoisotopic (exact) mass is 290 g/mol. The highest BCUT2D eigenvalue weighted by atomic mass is 19.4. The Bertz CT molecular complexity index is 675. The fraction of sp³-hybridized carbons (Fsp3) is 0.133. The molecule has 0 bridgehead atoms. The Kier molecular flexibility index (Phi) is 4.22. The first-order valence-electron chi connectivity index (χ1n) is 6.32. The fourth-order valence-corrected chi connectivity index (χ4v) is 1.87.